The summed E-state index contributed by atoms with van der Waals surface area (Å²) in [5, 5.41) is 4.13. The zero-order chi connectivity index (χ0) is 12.1. The highest BCUT2D eigenvalue weighted by Crippen LogP contribution is 2.30. The molecule has 1 saturated carbocycles. The second kappa shape index (κ2) is 6.15. The number of aromatic nitrogens is 2. The summed E-state index contributed by atoms with van der Waals surface area (Å²) in [7, 11) is 0. The molecule has 0 aliphatic heterocycles. The number of hydrogen-bond donors (Lipinski definition) is 1. The van der Waals surface area contributed by atoms with E-state index in [1.54, 1.807) is 0 Å². The van der Waals surface area contributed by atoms with Crippen molar-refractivity contribution in [3.63, 3.8) is 0 Å². The molecular formula is C13H23N3O. The first-order valence-corrected chi connectivity index (χ1v) is 6.86. The first kappa shape index (κ1) is 12.6. The predicted octanol–water partition coefficient (Wildman–Crippen LogP) is 2.64. The van der Waals surface area contributed by atoms with E-state index in [1.165, 1.54) is 32.1 Å². The minimum Gasteiger partial charge on any atom is -0.339 e. The fourth-order valence-corrected chi connectivity index (χ4v) is 2.52. The van der Waals surface area contributed by atoms with Gasteiger partial charge in [-0.3, -0.25) is 0 Å². The molecule has 4 heteroatoms. The summed E-state index contributed by atoms with van der Waals surface area (Å²) in [5.41, 5.74) is 5.69. The maximum absolute atomic E-state index is 5.69. The van der Waals surface area contributed by atoms with Crippen molar-refractivity contribution in [1.82, 2.24) is 10.1 Å². The lowest BCUT2D eigenvalue weighted by Crippen LogP contribution is -2.16. The third-order valence-corrected chi connectivity index (χ3v) is 3.83. The molecular weight excluding hydrogens is 214 g/mol. The smallest absolute Gasteiger partial charge is 0.226 e. The second-order valence-electron chi connectivity index (χ2n) is 5.10. The highest BCUT2D eigenvalue weighted by molar-refractivity contribution is 4.97. The lowest BCUT2D eigenvalue weighted by Gasteiger charge is -2.17. The lowest BCUT2D eigenvalue weighted by atomic mass is 9.89. The molecule has 1 unspecified atom stereocenters. The van der Waals surface area contributed by atoms with Crippen molar-refractivity contribution in [1.29, 1.82) is 0 Å². The van der Waals surface area contributed by atoms with Crippen molar-refractivity contribution < 1.29 is 4.52 Å². The summed E-state index contributed by atoms with van der Waals surface area (Å²) in [5.74, 6) is 2.68. The molecule has 1 heterocycles. The standard InChI is InChI=1S/C13H23N3O/c1-2-10(9-14)8-12-15-13(16-17-12)11-6-4-3-5-7-11/h10-11H,2-9,14H2,1H3. The Morgan fingerprint density at radius 1 is 1.35 bits per heavy atom. The van der Waals surface area contributed by atoms with Gasteiger partial charge in [-0.05, 0) is 25.3 Å². The Kier molecular flexibility index (Phi) is 4.54. The molecule has 0 bridgehead atoms. The van der Waals surface area contributed by atoms with Gasteiger partial charge in [-0.2, -0.15) is 4.98 Å². The van der Waals surface area contributed by atoms with Gasteiger partial charge in [0.2, 0.25) is 5.89 Å². The van der Waals surface area contributed by atoms with Crippen LogP contribution in [0.2, 0.25) is 0 Å². The fraction of sp³-hybridized carbons (Fsp3) is 0.846. The van der Waals surface area contributed by atoms with Crippen LogP contribution in [0.3, 0.4) is 0 Å². The molecule has 0 spiro atoms. The number of hydrogen-bond acceptors (Lipinski definition) is 4. The fourth-order valence-electron chi connectivity index (χ4n) is 2.52. The van der Waals surface area contributed by atoms with E-state index < -0.39 is 0 Å². The Bertz CT molecular complexity index is 327. The molecule has 4 nitrogen and oxygen atoms in total. The van der Waals surface area contributed by atoms with E-state index in [4.69, 9.17) is 10.3 Å². The lowest BCUT2D eigenvalue weighted by molar-refractivity contribution is 0.339. The van der Waals surface area contributed by atoms with Gasteiger partial charge < -0.3 is 10.3 Å². The molecule has 1 aliphatic rings. The zero-order valence-corrected chi connectivity index (χ0v) is 10.7. The average molecular weight is 237 g/mol. The SMILES string of the molecule is CCC(CN)Cc1nc(C2CCCCC2)no1. The Balaban J connectivity index is 1.94. The van der Waals surface area contributed by atoms with E-state index in [0.29, 0.717) is 18.4 Å². The summed E-state index contributed by atoms with van der Waals surface area (Å²) >= 11 is 0. The molecule has 96 valence electrons. The maximum atomic E-state index is 5.69. The van der Waals surface area contributed by atoms with Gasteiger partial charge in [0.25, 0.3) is 0 Å². The van der Waals surface area contributed by atoms with E-state index in [0.717, 1.165) is 24.6 Å². The molecule has 1 aromatic rings. The predicted molar refractivity (Wildman–Crippen MR) is 66.7 cm³/mol. The molecule has 1 atom stereocenters. The zero-order valence-electron chi connectivity index (χ0n) is 10.7. The van der Waals surface area contributed by atoms with Crippen molar-refractivity contribution >= 4 is 0 Å². The van der Waals surface area contributed by atoms with E-state index in [-0.39, 0.29) is 0 Å². The molecule has 1 aromatic heterocycles. The molecule has 17 heavy (non-hydrogen) atoms. The van der Waals surface area contributed by atoms with Crippen LogP contribution in [0.1, 0.15) is 63.1 Å². The highest BCUT2D eigenvalue weighted by atomic mass is 16.5. The summed E-state index contributed by atoms with van der Waals surface area (Å²) in [4.78, 5) is 4.54. The van der Waals surface area contributed by atoms with Gasteiger partial charge in [-0.15, -0.1) is 0 Å². The topological polar surface area (TPSA) is 64.9 Å². The van der Waals surface area contributed by atoms with Crippen molar-refractivity contribution in [2.75, 3.05) is 6.54 Å². The molecule has 2 N–H and O–H groups in total. The van der Waals surface area contributed by atoms with Crippen LogP contribution in [0.5, 0.6) is 0 Å². The van der Waals surface area contributed by atoms with Crippen molar-refractivity contribution in [3.05, 3.63) is 11.7 Å². The van der Waals surface area contributed by atoms with Crippen LogP contribution in [0, 0.1) is 5.92 Å². The minimum absolute atomic E-state index is 0.467. The van der Waals surface area contributed by atoms with Gasteiger partial charge in [-0.1, -0.05) is 37.8 Å². The quantitative estimate of drug-likeness (QED) is 0.855. The monoisotopic (exact) mass is 237 g/mol. The molecule has 1 aliphatic carbocycles. The number of rotatable bonds is 5. The minimum atomic E-state index is 0.467. The molecule has 0 aromatic carbocycles. The highest BCUT2D eigenvalue weighted by Gasteiger charge is 2.21. The van der Waals surface area contributed by atoms with Crippen LogP contribution in [0.4, 0.5) is 0 Å². The van der Waals surface area contributed by atoms with Gasteiger partial charge in [0.1, 0.15) is 0 Å². The first-order valence-electron chi connectivity index (χ1n) is 6.86. The van der Waals surface area contributed by atoms with Crippen molar-refractivity contribution in [2.24, 2.45) is 11.7 Å². The maximum Gasteiger partial charge on any atom is 0.226 e. The van der Waals surface area contributed by atoms with E-state index in [9.17, 15) is 0 Å². The third kappa shape index (κ3) is 3.28. The van der Waals surface area contributed by atoms with Gasteiger partial charge in [-0.25, -0.2) is 0 Å². The molecule has 1 fully saturated rings. The number of nitrogens with two attached hydrogens (primary N) is 1. The normalized spacial score (nSPS) is 19.4. The van der Waals surface area contributed by atoms with Crippen LogP contribution < -0.4 is 5.73 Å². The Morgan fingerprint density at radius 3 is 2.76 bits per heavy atom. The average Bonchev–Trinajstić information content (AvgIpc) is 2.85. The van der Waals surface area contributed by atoms with E-state index in [2.05, 4.69) is 17.1 Å². The van der Waals surface area contributed by atoms with Crippen LogP contribution in [0.25, 0.3) is 0 Å². The second-order valence-corrected chi connectivity index (χ2v) is 5.10. The summed E-state index contributed by atoms with van der Waals surface area (Å²) < 4.78 is 5.34. The Labute approximate surface area is 103 Å². The van der Waals surface area contributed by atoms with Crippen LogP contribution in [-0.2, 0) is 6.42 Å². The van der Waals surface area contributed by atoms with Gasteiger partial charge in [0.15, 0.2) is 5.82 Å². The van der Waals surface area contributed by atoms with Crippen molar-refractivity contribution in [3.8, 4) is 0 Å². The van der Waals surface area contributed by atoms with Gasteiger partial charge in [0, 0.05) is 12.3 Å². The largest absolute Gasteiger partial charge is 0.339 e. The third-order valence-electron chi connectivity index (χ3n) is 3.83. The van der Waals surface area contributed by atoms with Gasteiger partial charge >= 0.3 is 0 Å². The van der Waals surface area contributed by atoms with E-state index >= 15 is 0 Å². The van der Waals surface area contributed by atoms with Crippen LogP contribution in [-0.4, -0.2) is 16.7 Å². The van der Waals surface area contributed by atoms with Crippen molar-refractivity contribution in [2.45, 2.75) is 57.8 Å². The molecule has 0 saturated heterocycles. The van der Waals surface area contributed by atoms with E-state index in [1.807, 2.05) is 0 Å². The summed E-state index contributed by atoms with van der Waals surface area (Å²) in [6, 6.07) is 0. The molecule has 2 rings (SSSR count). The summed E-state index contributed by atoms with van der Waals surface area (Å²) in [6.07, 6.45) is 8.28. The Hall–Kier alpha value is -0.900. The van der Waals surface area contributed by atoms with Crippen LogP contribution >= 0.6 is 0 Å². The number of nitrogens with zero attached hydrogens (tertiary/aromatic N) is 2. The molecule has 0 radical (unpaired) electrons. The first-order chi connectivity index (χ1) is 8.33. The van der Waals surface area contributed by atoms with Crippen LogP contribution in [0.15, 0.2) is 4.52 Å². The van der Waals surface area contributed by atoms with Gasteiger partial charge in [0.05, 0.1) is 0 Å². The molecule has 0 amide bonds. The Morgan fingerprint density at radius 2 is 2.12 bits per heavy atom. The summed E-state index contributed by atoms with van der Waals surface area (Å²) in [6.45, 7) is 2.84.